The molecule has 28 heavy (non-hydrogen) atoms. The van der Waals surface area contributed by atoms with Crippen LogP contribution in [0.15, 0.2) is 29.3 Å². The van der Waals surface area contributed by atoms with Crippen molar-refractivity contribution in [1.29, 1.82) is 0 Å². The highest BCUT2D eigenvalue weighted by atomic mass is 127. The molecule has 6 nitrogen and oxygen atoms in total. The van der Waals surface area contributed by atoms with Crippen LogP contribution < -0.4 is 15.4 Å². The Labute approximate surface area is 188 Å². The Bertz CT molecular complexity index is 539. The van der Waals surface area contributed by atoms with E-state index in [9.17, 15) is 0 Å². The van der Waals surface area contributed by atoms with Crippen LogP contribution >= 0.6 is 24.0 Å². The molecule has 0 unspecified atom stereocenters. The smallest absolute Gasteiger partial charge is 0.191 e. The van der Waals surface area contributed by atoms with E-state index in [0.717, 1.165) is 38.0 Å². The standard InChI is InChI=1S/C21H38N4O2.HI/c1-6-18(7-2)16-23-21(22-3)24-17-19-9-8-10-20(15-19)27-14-12-25(4)11-13-26-5;/h8-10,15,18H,6-7,11-14,16-17H2,1-5H3,(H2,22,23,24);1H. The van der Waals surface area contributed by atoms with E-state index in [-0.39, 0.29) is 24.0 Å². The van der Waals surface area contributed by atoms with Gasteiger partial charge in [-0.3, -0.25) is 4.99 Å². The van der Waals surface area contributed by atoms with Crippen LogP contribution in [0.25, 0.3) is 0 Å². The Balaban J connectivity index is 0.00000729. The number of methoxy groups -OCH3 is 1. The Kier molecular flexibility index (Phi) is 16.2. The van der Waals surface area contributed by atoms with Gasteiger partial charge in [-0.15, -0.1) is 24.0 Å². The van der Waals surface area contributed by atoms with E-state index >= 15 is 0 Å². The molecule has 7 heteroatoms. The molecule has 0 heterocycles. The molecule has 1 aromatic rings. The van der Waals surface area contributed by atoms with Crippen molar-refractivity contribution in [2.75, 3.05) is 54.1 Å². The van der Waals surface area contributed by atoms with Crippen LogP contribution in [0.4, 0.5) is 0 Å². The molecule has 0 aliphatic rings. The summed E-state index contributed by atoms with van der Waals surface area (Å²) in [5.41, 5.74) is 1.17. The number of halogens is 1. The second kappa shape index (κ2) is 16.9. The lowest BCUT2D eigenvalue weighted by Gasteiger charge is -2.17. The first-order valence-corrected chi connectivity index (χ1v) is 9.96. The molecule has 0 saturated heterocycles. The minimum Gasteiger partial charge on any atom is -0.492 e. The average molecular weight is 506 g/mol. The normalized spacial score (nSPS) is 11.5. The van der Waals surface area contributed by atoms with Gasteiger partial charge in [0.15, 0.2) is 5.96 Å². The molecule has 0 spiro atoms. The van der Waals surface area contributed by atoms with Gasteiger partial charge in [0.25, 0.3) is 0 Å². The van der Waals surface area contributed by atoms with Gasteiger partial charge < -0.3 is 25.0 Å². The van der Waals surface area contributed by atoms with Crippen LogP contribution in [0.2, 0.25) is 0 Å². The predicted molar refractivity (Wildman–Crippen MR) is 129 cm³/mol. The molecule has 2 N–H and O–H groups in total. The Morgan fingerprint density at radius 2 is 1.86 bits per heavy atom. The summed E-state index contributed by atoms with van der Waals surface area (Å²) in [6.45, 7) is 9.31. The fourth-order valence-corrected chi connectivity index (χ4v) is 2.65. The zero-order valence-corrected chi connectivity index (χ0v) is 20.5. The maximum atomic E-state index is 5.88. The zero-order valence-electron chi connectivity index (χ0n) is 18.2. The maximum absolute atomic E-state index is 5.88. The molecule has 162 valence electrons. The molecule has 0 aliphatic heterocycles. The molecule has 0 radical (unpaired) electrons. The minimum atomic E-state index is 0. The highest BCUT2D eigenvalue weighted by Crippen LogP contribution is 2.13. The second-order valence-corrected chi connectivity index (χ2v) is 6.78. The first-order chi connectivity index (χ1) is 13.1. The third-order valence-corrected chi connectivity index (χ3v) is 4.71. The third kappa shape index (κ3) is 11.7. The minimum absolute atomic E-state index is 0. The van der Waals surface area contributed by atoms with Gasteiger partial charge >= 0.3 is 0 Å². The lowest BCUT2D eigenvalue weighted by Crippen LogP contribution is -2.39. The summed E-state index contributed by atoms with van der Waals surface area (Å²) >= 11 is 0. The molecular weight excluding hydrogens is 467 g/mol. The molecular formula is C21H39IN4O2. The molecule has 1 rings (SSSR count). The first kappa shape index (κ1) is 26.9. The summed E-state index contributed by atoms with van der Waals surface area (Å²) in [6, 6.07) is 8.20. The number of nitrogens with one attached hydrogen (secondary N) is 2. The van der Waals surface area contributed by atoms with E-state index in [1.165, 1.54) is 18.4 Å². The van der Waals surface area contributed by atoms with E-state index in [2.05, 4.69) is 53.6 Å². The van der Waals surface area contributed by atoms with Crippen molar-refractivity contribution in [2.45, 2.75) is 33.2 Å². The van der Waals surface area contributed by atoms with E-state index in [1.54, 1.807) is 7.11 Å². The lowest BCUT2D eigenvalue weighted by atomic mass is 10.0. The summed E-state index contributed by atoms with van der Waals surface area (Å²) in [4.78, 5) is 6.51. The molecule has 0 bridgehead atoms. The average Bonchev–Trinajstić information content (AvgIpc) is 2.69. The van der Waals surface area contributed by atoms with Crippen LogP contribution in [-0.2, 0) is 11.3 Å². The van der Waals surface area contributed by atoms with Crippen molar-refractivity contribution in [1.82, 2.24) is 15.5 Å². The predicted octanol–water partition coefficient (Wildman–Crippen LogP) is 3.36. The first-order valence-electron chi connectivity index (χ1n) is 9.96. The summed E-state index contributed by atoms with van der Waals surface area (Å²) in [5.74, 6) is 2.42. The number of hydrogen-bond acceptors (Lipinski definition) is 4. The Morgan fingerprint density at radius 1 is 1.14 bits per heavy atom. The van der Waals surface area contributed by atoms with Crippen LogP contribution in [0.5, 0.6) is 5.75 Å². The van der Waals surface area contributed by atoms with Crippen LogP contribution in [0.3, 0.4) is 0 Å². The second-order valence-electron chi connectivity index (χ2n) is 6.78. The maximum Gasteiger partial charge on any atom is 0.191 e. The van der Waals surface area contributed by atoms with E-state index in [4.69, 9.17) is 9.47 Å². The third-order valence-electron chi connectivity index (χ3n) is 4.71. The van der Waals surface area contributed by atoms with Crippen molar-refractivity contribution in [3.63, 3.8) is 0 Å². The number of aliphatic imine (C=N–C) groups is 1. The van der Waals surface area contributed by atoms with E-state index in [0.29, 0.717) is 19.1 Å². The van der Waals surface area contributed by atoms with Crippen molar-refractivity contribution in [3.8, 4) is 5.75 Å². The van der Waals surface area contributed by atoms with Crippen molar-refractivity contribution in [3.05, 3.63) is 29.8 Å². The lowest BCUT2D eigenvalue weighted by molar-refractivity contribution is 0.150. The van der Waals surface area contributed by atoms with Crippen LogP contribution in [-0.4, -0.2) is 64.9 Å². The molecule has 0 fully saturated rings. The highest BCUT2D eigenvalue weighted by Gasteiger charge is 2.05. The van der Waals surface area contributed by atoms with Gasteiger partial charge in [0.05, 0.1) is 6.61 Å². The summed E-state index contributed by atoms with van der Waals surface area (Å²) in [5, 5.41) is 6.79. The largest absolute Gasteiger partial charge is 0.492 e. The summed E-state index contributed by atoms with van der Waals surface area (Å²) in [6.07, 6.45) is 2.36. The van der Waals surface area contributed by atoms with Gasteiger partial charge in [-0.25, -0.2) is 0 Å². The van der Waals surface area contributed by atoms with Crippen molar-refractivity contribution in [2.24, 2.45) is 10.9 Å². The number of benzene rings is 1. The van der Waals surface area contributed by atoms with Gasteiger partial charge in [0.2, 0.25) is 0 Å². The molecule has 0 amide bonds. The quantitative estimate of drug-likeness (QED) is 0.244. The number of hydrogen-bond donors (Lipinski definition) is 2. The molecule has 0 saturated carbocycles. The number of likely N-dealkylation sites (N-methyl/N-ethyl adjacent to an activating group) is 1. The van der Waals surface area contributed by atoms with Crippen molar-refractivity contribution < 1.29 is 9.47 Å². The highest BCUT2D eigenvalue weighted by molar-refractivity contribution is 14.0. The number of rotatable bonds is 13. The SMILES string of the molecule is CCC(CC)CNC(=NC)NCc1cccc(OCCN(C)CCOC)c1.I. The zero-order chi connectivity index (χ0) is 19.9. The molecule has 0 aliphatic carbocycles. The van der Waals surface area contributed by atoms with E-state index in [1.807, 2.05) is 19.2 Å². The number of ether oxygens (including phenoxy) is 2. The van der Waals surface area contributed by atoms with Crippen LogP contribution in [0, 0.1) is 5.92 Å². The molecule has 1 aromatic carbocycles. The summed E-state index contributed by atoms with van der Waals surface area (Å²) < 4.78 is 11.0. The topological polar surface area (TPSA) is 58.1 Å². The van der Waals surface area contributed by atoms with Gasteiger partial charge in [-0.2, -0.15) is 0 Å². The van der Waals surface area contributed by atoms with Gasteiger partial charge in [0.1, 0.15) is 12.4 Å². The van der Waals surface area contributed by atoms with E-state index < -0.39 is 0 Å². The Morgan fingerprint density at radius 3 is 2.50 bits per heavy atom. The fraction of sp³-hybridized carbons (Fsp3) is 0.667. The number of guanidine groups is 1. The van der Waals surface area contributed by atoms with Gasteiger partial charge in [-0.1, -0.05) is 38.8 Å². The molecule has 0 atom stereocenters. The Hall–Kier alpha value is -1.06. The van der Waals surface area contributed by atoms with Gasteiger partial charge in [0, 0.05) is 40.3 Å². The monoisotopic (exact) mass is 506 g/mol. The molecule has 0 aromatic heterocycles. The fourth-order valence-electron chi connectivity index (χ4n) is 2.65. The summed E-state index contributed by atoms with van der Waals surface area (Å²) in [7, 11) is 5.60. The van der Waals surface area contributed by atoms with Crippen molar-refractivity contribution >= 4 is 29.9 Å². The van der Waals surface area contributed by atoms with Gasteiger partial charge in [-0.05, 0) is 30.7 Å². The van der Waals surface area contributed by atoms with Crippen LogP contribution in [0.1, 0.15) is 32.3 Å². The number of nitrogens with zero attached hydrogens (tertiary/aromatic N) is 2.